The molecule has 1 aromatic rings. The second-order valence-electron chi connectivity index (χ2n) is 5.73. The van der Waals surface area contributed by atoms with E-state index in [1.165, 1.54) is 18.6 Å². The van der Waals surface area contributed by atoms with Gasteiger partial charge in [-0.25, -0.2) is 4.79 Å². The predicted octanol–water partition coefficient (Wildman–Crippen LogP) is 2.94. The van der Waals surface area contributed by atoms with Crippen molar-refractivity contribution in [2.45, 2.75) is 39.2 Å². The number of carboxylic acid groups (broad SMARTS) is 1. The molecule has 4 heteroatoms. The summed E-state index contributed by atoms with van der Waals surface area (Å²) in [5.41, 5.74) is 0.554. The van der Waals surface area contributed by atoms with Gasteiger partial charge in [0.15, 0.2) is 0 Å². The van der Waals surface area contributed by atoms with E-state index in [-0.39, 0.29) is 17.5 Å². The van der Waals surface area contributed by atoms with E-state index in [1.54, 1.807) is 12.1 Å². The standard InChI is InChI=1S/C16H21NO3/c1-10-5-3-8-14(11(10)2)17-15(18)12-6-4-7-13(9-12)16(19)20/h4,6-7,9-11,14H,3,5,8H2,1-2H3,(H,17,18)(H,19,20). The average Bonchev–Trinajstić information content (AvgIpc) is 2.44. The smallest absolute Gasteiger partial charge is 0.335 e. The summed E-state index contributed by atoms with van der Waals surface area (Å²) in [6.07, 6.45) is 3.34. The Morgan fingerprint density at radius 3 is 2.60 bits per heavy atom. The second kappa shape index (κ2) is 6.07. The number of benzene rings is 1. The Balaban J connectivity index is 2.08. The van der Waals surface area contributed by atoms with Gasteiger partial charge in [-0.05, 0) is 36.5 Å². The molecule has 2 N–H and O–H groups in total. The number of aromatic carboxylic acids is 1. The first-order valence-corrected chi connectivity index (χ1v) is 7.13. The van der Waals surface area contributed by atoms with E-state index in [1.807, 2.05) is 0 Å². The van der Waals surface area contributed by atoms with Gasteiger partial charge in [-0.15, -0.1) is 0 Å². The van der Waals surface area contributed by atoms with Crippen molar-refractivity contribution >= 4 is 11.9 Å². The van der Waals surface area contributed by atoms with E-state index in [0.29, 0.717) is 17.4 Å². The lowest BCUT2D eigenvalue weighted by Crippen LogP contribution is -2.43. The molecule has 0 bridgehead atoms. The van der Waals surface area contributed by atoms with Crippen LogP contribution in [-0.2, 0) is 0 Å². The molecule has 0 heterocycles. The first kappa shape index (κ1) is 14.6. The third kappa shape index (κ3) is 3.18. The molecule has 20 heavy (non-hydrogen) atoms. The van der Waals surface area contributed by atoms with Crippen molar-refractivity contribution in [2.24, 2.45) is 11.8 Å². The first-order valence-electron chi connectivity index (χ1n) is 7.13. The highest BCUT2D eigenvalue weighted by molar-refractivity contribution is 5.97. The maximum Gasteiger partial charge on any atom is 0.335 e. The summed E-state index contributed by atoms with van der Waals surface area (Å²) in [5, 5.41) is 12.0. The fourth-order valence-corrected chi connectivity index (χ4v) is 2.83. The zero-order chi connectivity index (χ0) is 14.7. The van der Waals surface area contributed by atoms with E-state index in [4.69, 9.17) is 5.11 Å². The van der Waals surface area contributed by atoms with Crippen LogP contribution in [0.1, 0.15) is 53.8 Å². The van der Waals surface area contributed by atoms with Gasteiger partial charge in [0.2, 0.25) is 0 Å². The van der Waals surface area contributed by atoms with Gasteiger partial charge in [-0.1, -0.05) is 32.8 Å². The lowest BCUT2D eigenvalue weighted by molar-refractivity contribution is 0.0697. The monoisotopic (exact) mass is 275 g/mol. The normalized spacial score (nSPS) is 26.0. The van der Waals surface area contributed by atoms with Crippen LogP contribution in [0.3, 0.4) is 0 Å². The molecule has 3 unspecified atom stereocenters. The third-order valence-corrected chi connectivity index (χ3v) is 4.40. The van der Waals surface area contributed by atoms with Gasteiger partial charge in [-0.2, -0.15) is 0 Å². The van der Waals surface area contributed by atoms with Crippen LogP contribution in [-0.4, -0.2) is 23.0 Å². The number of rotatable bonds is 3. The maximum atomic E-state index is 12.2. The molecule has 3 atom stereocenters. The maximum absolute atomic E-state index is 12.2. The van der Waals surface area contributed by atoms with E-state index < -0.39 is 5.97 Å². The Labute approximate surface area is 119 Å². The largest absolute Gasteiger partial charge is 0.478 e. The molecular weight excluding hydrogens is 254 g/mol. The molecule has 0 radical (unpaired) electrons. The van der Waals surface area contributed by atoms with Crippen molar-refractivity contribution in [1.82, 2.24) is 5.32 Å². The summed E-state index contributed by atoms with van der Waals surface area (Å²) in [4.78, 5) is 23.2. The third-order valence-electron chi connectivity index (χ3n) is 4.40. The second-order valence-corrected chi connectivity index (χ2v) is 5.73. The molecule has 0 saturated heterocycles. The fraction of sp³-hybridized carbons (Fsp3) is 0.500. The minimum atomic E-state index is -1.01. The van der Waals surface area contributed by atoms with Crippen LogP contribution >= 0.6 is 0 Å². The predicted molar refractivity (Wildman–Crippen MR) is 76.8 cm³/mol. The van der Waals surface area contributed by atoms with Crippen molar-refractivity contribution in [2.75, 3.05) is 0 Å². The van der Waals surface area contributed by atoms with Crippen molar-refractivity contribution in [3.8, 4) is 0 Å². The summed E-state index contributed by atoms with van der Waals surface area (Å²) in [6.45, 7) is 4.39. The van der Waals surface area contributed by atoms with Crippen molar-refractivity contribution in [3.05, 3.63) is 35.4 Å². The minimum absolute atomic E-state index is 0.141. The Morgan fingerprint density at radius 2 is 1.90 bits per heavy atom. The van der Waals surface area contributed by atoms with Gasteiger partial charge < -0.3 is 10.4 Å². The lowest BCUT2D eigenvalue weighted by Gasteiger charge is -2.34. The number of carbonyl (C=O) groups excluding carboxylic acids is 1. The summed E-state index contributed by atoms with van der Waals surface area (Å²) >= 11 is 0. The number of amides is 1. The first-order chi connectivity index (χ1) is 9.49. The molecule has 1 saturated carbocycles. The van der Waals surface area contributed by atoms with E-state index in [2.05, 4.69) is 19.2 Å². The Hall–Kier alpha value is -1.84. The van der Waals surface area contributed by atoms with E-state index >= 15 is 0 Å². The molecule has 0 aliphatic heterocycles. The molecule has 4 nitrogen and oxygen atoms in total. The Kier molecular flexibility index (Phi) is 4.42. The summed E-state index contributed by atoms with van der Waals surface area (Å²) < 4.78 is 0. The molecule has 1 fully saturated rings. The quantitative estimate of drug-likeness (QED) is 0.891. The molecule has 1 aliphatic rings. The van der Waals surface area contributed by atoms with Crippen LogP contribution < -0.4 is 5.32 Å². The highest BCUT2D eigenvalue weighted by atomic mass is 16.4. The van der Waals surface area contributed by atoms with Crippen LogP contribution in [0.4, 0.5) is 0 Å². The minimum Gasteiger partial charge on any atom is -0.478 e. The number of nitrogens with one attached hydrogen (secondary N) is 1. The topological polar surface area (TPSA) is 66.4 Å². The molecule has 108 valence electrons. The molecule has 0 spiro atoms. The molecule has 1 amide bonds. The highest BCUT2D eigenvalue weighted by Crippen LogP contribution is 2.29. The van der Waals surface area contributed by atoms with E-state index in [9.17, 15) is 9.59 Å². The van der Waals surface area contributed by atoms with Crippen LogP contribution in [0, 0.1) is 11.8 Å². The van der Waals surface area contributed by atoms with Gasteiger partial charge in [0, 0.05) is 11.6 Å². The van der Waals surface area contributed by atoms with Gasteiger partial charge >= 0.3 is 5.97 Å². The molecule has 2 rings (SSSR count). The van der Waals surface area contributed by atoms with Gasteiger partial charge in [0.25, 0.3) is 5.91 Å². The van der Waals surface area contributed by atoms with E-state index in [0.717, 1.165) is 12.8 Å². The summed E-state index contributed by atoms with van der Waals surface area (Å²) in [5.74, 6) is -0.131. The highest BCUT2D eigenvalue weighted by Gasteiger charge is 2.28. The zero-order valence-electron chi connectivity index (χ0n) is 11.9. The van der Waals surface area contributed by atoms with Gasteiger partial charge in [0.1, 0.15) is 0 Å². The van der Waals surface area contributed by atoms with Crippen molar-refractivity contribution < 1.29 is 14.7 Å². The average molecular weight is 275 g/mol. The van der Waals surface area contributed by atoms with Crippen molar-refractivity contribution in [3.63, 3.8) is 0 Å². The molecule has 1 aromatic carbocycles. The van der Waals surface area contributed by atoms with Crippen molar-refractivity contribution in [1.29, 1.82) is 0 Å². The van der Waals surface area contributed by atoms with Gasteiger partial charge in [0.05, 0.1) is 5.56 Å². The van der Waals surface area contributed by atoms with Crippen LogP contribution in [0.15, 0.2) is 24.3 Å². The molecule has 0 aromatic heterocycles. The SMILES string of the molecule is CC1CCCC(NC(=O)c2cccc(C(=O)O)c2)C1C. The summed E-state index contributed by atoms with van der Waals surface area (Å²) in [7, 11) is 0. The Bertz CT molecular complexity index is 512. The Morgan fingerprint density at radius 1 is 1.20 bits per heavy atom. The number of carbonyl (C=O) groups is 2. The molecular formula is C16H21NO3. The van der Waals surface area contributed by atoms with Gasteiger partial charge in [-0.3, -0.25) is 4.79 Å². The number of hydrogen-bond donors (Lipinski definition) is 2. The fourth-order valence-electron chi connectivity index (χ4n) is 2.83. The number of carboxylic acids is 1. The van der Waals surface area contributed by atoms with Crippen LogP contribution in [0.25, 0.3) is 0 Å². The van der Waals surface area contributed by atoms with Crippen LogP contribution in [0.5, 0.6) is 0 Å². The summed E-state index contributed by atoms with van der Waals surface area (Å²) in [6, 6.07) is 6.35. The zero-order valence-corrected chi connectivity index (χ0v) is 11.9. The van der Waals surface area contributed by atoms with Crippen LogP contribution in [0.2, 0.25) is 0 Å². The number of hydrogen-bond acceptors (Lipinski definition) is 2. The lowest BCUT2D eigenvalue weighted by atomic mass is 9.78. The molecule has 1 aliphatic carbocycles.